The molecule has 3 nitrogen and oxygen atoms in total. The van der Waals surface area contributed by atoms with Gasteiger partial charge >= 0.3 is 0 Å². The molecule has 0 spiro atoms. The van der Waals surface area contributed by atoms with Crippen molar-refractivity contribution in [1.82, 2.24) is 4.98 Å². The molecule has 1 unspecified atom stereocenters. The molecule has 3 rings (SSSR count). The van der Waals surface area contributed by atoms with Crippen molar-refractivity contribution in [3.05, 3.63) is 53.5 Å². The van der Waals surface area contributed by atoms with Crippen molar-refractivity contribution in [1.29, 1.82) is 0 Å². The van der Waals surface area contributed by atoms with E-state index in [0.717, 1.165) is 16.9 Å². The molecule has 1 aromatic heterocycles. The van der Waals surface area contributed by atoms with Gasteiger partial charge in [-0.2, -0.15) is 0 Å². The highest BCUT2D eigenvalue weighted by atomic mass is 79.9. The molecule has 0 bridgehead atoms. The third-order valence-electron chi connectivity index (χ3n) is 3.04. The van der Waals surface area contributed by atoms with E-state index in [1.54, 1.807) is 29.5 Å². The van der Waals surface area contributed by atoms with Crippen molar-refractivity contribution in [3.8, 4) is 11.5 Å². The van der Waals surface area contributed by atoms with Crippen molar-refractivity contribution in [3.63, 3.8) is 0 Å². The van der Waals surface area contributed by atoms with E-state index in [4.69, 9.17) is 4.74 Å². The van der Waals surface area contributed by atoms with Crippen LogP contribution in [0.2, 0.25) is 0 Å². The number of fused-ring (bicyclic) bond motifs is 1. The lowest BCUT2D eigenvalue weighted by Gasteiger charge is -2.09. The Morgan fingerprint density at radius 3 is 2.86 bits per heavy atom. The maximum absolute atomic E-state index is 9.38. The molecule has 0 fully saturated rings. The lowest BCUT2D eigenvalue weighted by Crippen LogP contribution is -2.01. The summed E-state index contributed by atoms with van der Waals surface area (Å²) in [4.78, 5) is 4.80. The molecule has 3 aromatic rings. The molecule has 5 heteroatoms. The summed E-state index contributed by atoms with van der Waals surface area (Å²) in [5.74, 6) is 0.896. The average molecular weight is 364 g/mol. The predicted octanol–water partition coefficient (Wildman–Crippen LogP) is 4.91. The summed E-state index contributed by atoms with van der Waals surface area (Å²) in [5.41, 5.74) is 1.04. The third-order valence-corrected chi connectivity index (χ3v) is 5.38. The number of nitrogens with zero attached hydrogens (tertiary/aromatic N) is 1. The molecule has 0 aliphatic carbocycles. The SMILES string of the molecule is Oc1cccc(OCCC(Br)c2nc3ccccc3s2)c1. The number of halogens is 1. The molecule has 2 aromatic carbocycles. The Kier molecular flexibility index (Phi) is 4.41. The maximum Gasteiger partial charge on any atom is 0.122 e. The molecule has 1 atom stereocenters. The Hall–Kier alpha value is -1.59. The van der Waals surface area contributed by atoms with Crippen molar-refractivity contribution in [2.24, 2.45) is 0 Å². The van der Waals surface area contributed by atoms with E-state index in [9.17, 15) is 5.11 Å². The van der Waals surface area contributed by atoms with Gasteiger partial charge in [0.05, 0.1) is 21.7 Å². The van der Waals surface area contributed by atoms with Crippen molar-refractivity contribution in [2.45, 2.75) is 11.2 Å². The number of ether oxygens (including phenoxy) is 1. The van der Waals surface area contributed by atoms with Crippen LogP contribution in [0.1, 0.15) is 16.3 Å². The van der Waals surface area contributed by atoms with Gasteiger partial charge in [-0.25, -0.2) is 4.98 Å². The summed E-state index contributed by atoms with van der Waals surface area (Å²) in [7, 11) is 0. The number of phenolic OH excluding ortho intramolecular Hbond substituents is 1. The number of hydrogen-bond acceptors (Lipinski definition) is 4. The summed E-state index contributed by atoms with van der Waals surface area (Å²) in [6, 6.07) is 15.0. The highest BCUT2D eigenvalue weighted by Gasteiger charge is 2.13. The Labute approximate surface area is 135 Å². The number of para-hydroxylation sites is 1. The average Bonchev–Trinajstić information content (AvgIpc) is 2.91. The minimum Gasteiger partial charge on any atom is -0.508 e. The fraction of sp³-hybridized carbons (Fsp3) is 0.188. The third kappa shape index (κ3) is 3.54. The van der Waals surface area contributed by atoms with Gasteiger partial charge in [-0.1, -0.05) is 34.1 Å². The summed E-state index contributed by atoms with van der Waals surface area (Å²) >= 11 is 5.37. The van der Waals surface area contributed by atoms with Crippen LogP contribution in [0.25, 0.3) is 10.2 Å². The summed E-state index contributed by atoms with van der Waals surface area (Å²) in [5, 5.41) is 10.4. The zero-order valence-corrected chi connectivity index (χ0v) is 13.6. The van der Waals surface area contributed by atoms with Gasteiger partial charge < -0.3 is 9.84 Å². The normalized spacial score (nSPS) is 12.4. The number of aromatic nitrogens is 1. The van der Waals surface area contributed by atoms with Crippen LogP contribution in [0.5, 0.6) is 11.5 Å². The quantitative estimate of drug-likeness (QED) is 0.655. The largest absolute Gasteiger partial charge is 0.508 e. The molecule has 1 N–H and O–H groups in total. The zero-order valence-electron chi connectivity index (χ0n) is 11.2. The summed E-state index contributed by atoms with van der Waals surface area (Å²) in [6.45, 7) is 0.565. The molecule has 0 amide bonds. The molecule has 0 saturated heterocycles. The van der Waals surface area contributed by atoms with Gasteiger partial charge in [0.15, 0.2) is 0 Å². The van der Waals surface area contributed by atoms with Gasteiger partial charge in [0.25, 0.3) is 0 Å². The molecule has 108 valence electrons. The second-order valence-corrected chi connectivity index (χ2v) is 6.79. The van der Waals surface area contributed by atoms with Gasteiger partial charge in [-0.05, 0) is 24.3 Å². The van der Waals surface area contributed by atoms with Crippen LogP contribution in [-0.2, 0) is 0 Å². The van der Waals surface area contributed by atoms with E-state index in [1.807, 2.05) is 24.3 Å². The molecule has 21 heavy (non-hydrogen) atoms. The molecule has 1 heterocycles. The molecule has 0 radical (unpaired) electrons. The van der Waals surface area contributed by atoms with Crippen LogP contribution in [-0.4, -0.2) is 16.7 Å². The van der Waals surface area contributed by atoms with Crippen LogP contribution in [0, 0.1) is 0 Å². The molecule has 0 aliphatic heterocycles. The smallest absolute Gasteiger partial charge is 0.122 e. The Morgan fingerprint density at radius 1 is 1.19 bits per heavy atom. The lowest BCUT2D eigenvalue weighted by molar-refractivity contribution is 0.309. The summed E-state index contributed by atoms with van der Waals surface area (Å²) < 4.78 is 6.84. The number of thiazole rings is 1. The number of aromatic hydroxyl groups is 1. The number of benzene rings is 2. The van der Waals surface area contributed by atoms with Gasteiger partial charge in [0, 0.05) is 12.5 Å². The lowest BCUT2D eigenvalue weighted by atomic mass is 10.3. The Morgan fingerprint density at radius 2 is 2.05 bits per heavy atom. The number of hydrogen-bond donors (Lipinski definition) is 1. The zero-order chi connectivity index (χ0) is 14.7. The Balaban J connectivity index is 1.60. The van der Waals surface area contributed by atoms with Crippen LogP contribution in [0.4, 0.5) is 0 Å². The topological polar surface area (TPSA) is 42.4 Å². The Bertz CT molecular complexity index is 711. The van der Waals surface area contributed by atoms with Crippen LogP contribution in [0.15, 0.2) is 48.5 Å². The maximum atomic E-state index is 9.38. The molecular formula is C16H14BrNO2S. The van der Waals surface area contributed by atoms with Crippen LogP contribution in [0.3, 0.4) is 0 Å². The van der Waals surface area contributed by atoms with Gasteiger partial charge in [0.1, 0.15) is 16.5 Å². The van der Waals surface area contributed by atoms with Crippen molar-refractivity contribution in [2.75, 3.05) is 6.61 Å². The predicted molar refractivity (Wildman–Crippen MR) is 89.5 cm³/mol. The van der Waals surface area contributed by atoms with E-state index in [1.165, 1.54) is 4.70 Å². The first-order valence-electron chi connectivity index (χ1n) is 6.64. The number of alkyl halides is 1. The highest BCUT2D eigenvalue weighted by Crippen LogP contribution is 2.33. The standard InChI is InChI=1S/C16H14BrNO2S/c17-13(8-9-20-12-5-3-4-11(19)10-12)16-18-14-6-1-2-7-15(14)21-16/h1-7,10,13,19H,8-9H2. The van der Waals surface area contributed by atoms with Crippen LogP contribution < -0.4 is 4.74 Å². The van der Waals surface area contributed by atoms with Gasteiger partial charge in [-0.15, -0.1) is 11.3 Å². The first kappa shape index (κ1) is 14.4. The number of rotatable bonds is 5. The monoisotopic (exact) mass is 363 g/mol. The van der Waals surface area contributed by atoms with Gasteiger partial charge in [0.2, 0.25) is 0 Å². The first-order valence-corrected chi connectivity index (χ1v) is 8.37. The van der Waals surface area contributed by atoms with E-state index >= 15 is 0 Å². The molecule has 0 aliphatic rings. The van der Waals surface area contributed by atoms with Gasteiger partial charge in [-0.3, -0.25) is 0 Å². The van der Waals surface area contributed by atoms with E-state index in [2.05, 4.69) is 27.0 Å². The fourth-order valence-corrected chi connectivity index (χ4v) is 3.55. The molecular weight excluding hydrogens is 350 g/mol. The van der Waals surface area contributed by atoms with E-state index in [0.29, 0.717) is 12.4 Å². The highest BCUT2D eigenvalue weighted by molar-refractivity contribution is 9.09. The second kappa shape index (κ2) is 6.45. The van der Waals surface area contributed by atoms with E-state index in [-0.39, 0.29) is 10.6 Å². The van der Waals surface area contributed by atoms with E-state index < -0.39 is 0 Å². The van der Waals surface area contributed by atoms with Crippen molar-refractivity contribution >= 4 is 37.5 Å². The van der Waals surface area contributed by atoms with Crippen LogP contribution >= 0.6 is 27.3 Å². The minimum atomic E-state index is 0.173. The minimum absolute atomic E-state index is 0.173. The molecule has 0 saturated carbocycles. The fourth-order valence-electron chi connectivity index (χ4n) is 2.00. The van der Waals surface area contributed by atoms with Crippen molar-refractivity contribution < 1.29 is 9.84 Å². The summed E-state index contributed by atoms with van der Waals surface area (Å²) in [6.07, 6.45) is 0.815. The second-order valence-electron chi connectivity index (χ2n) is 4.62. The number of phenols is 1. The first-order chi connectivity index (χ1) is 10.2.